The third-order valence-electron chi connectivity index (χ3n) is 2.03. The first-order valence-corrected chi connectivity index (χ1v) is 4.28. The first-order valence-electron chi connectivity index (χ1n) is 4.28. The average Bonchev–Trinajstić information content (AvgIpc) is 2.49. The fraction of sp³-hybridized carbons (Fsp3) is 0.556. The molecule has 0 amide bonds. The van der Waals surface area contributed by atoms with Crippen LogP contribution in [0.15, 0.2) is 18.5 Å². The Morgan fingerprint density at radius 3 is 2.00 bits per heavy atom. The molecule has 86 valence electrons. The van der Waals surface area contributed by atoms with Gasteiger partial charge in [0.25, 0.3) is 0 Å². The highest BCUT2D eigenvalue weighted by atomic mass is 19.4. The van der Waals surface area contributed by atoms with Gasteiger partial charge in [0.2, 0.25) is 0 Å². The van der Waals surface area contributed by atoms with Crippen molar-refractivity contribution in [1.29, 1.82) is 0 Å². The summed E-state index contributed by atoms with van der Waals surface area (Å²) >= 11 is 0. The van der Waals surface area contributed by atoms with Crippen LogP contribution >= 0.6 is 0 Å². The molecule has 1 aromatic heterocycles. The fourth-order valence-corrected chi connectivity index (χ4v) is 1.08. The molecule has 0 aliphatic heterocycles. The van der Waals surface area contributed by atoms with E-state index in [9.17, 15) is 22.0 Å². The average molecular weight is 227 g/mol. The van der Waals surface area contributed by atoms with Crippen molar-refractivity contribution < 1.29 is 22.0 Å². The Morgan fingerprint density at radius 1 is 1.13 bits per heavy atom. The molecule has 0 N–H and O–H groups in total. The maximum atomic E-state index is 12.8. The van der Waals surface area contributed by atoms with Crippen molar-refractivity contribution >= 4 is 0 Å². The Hall–Kier alpha value is -1.07. The van der Waals surface area contributed by atoms with Gasteiger partial charge >= 0.3 is 12.1 Å². The topological polar surface area (TPSA) is 4.93 Å². The minimum atomic E-state index is -5.55. The van der Waals surface area contributed by atoms with E-state index in [1.54, 1.807) is 13.8 Å². The summed E-state index contributed by atoms with van der Waals surface area (Å²) in [4.78, 5) is 0. The van der Waals surface area contributed by atoms with Gasteiger partial charge in [-0.25, -0.2) is 0 Å². The van der Waals surface area contributed by atoms with E-state index in [-0.39, 0.29) is 6.04 Å². The second kappa shape index (κ2) is 3.50. The Bertz CT molecular complexity index is 337. The van der Waals surface area contributed by atoms with Crippen LogP contribution in [0.3, 0.4) is 0 Å². The van der Waals surface area contributed by atoms with Gasteiger partial charge in [0.15, 0.2) is 0 Å². The van der Waals surface area contributed by atoms with Crippen LogP contribution in [0.2, 0.25) is 0 Å². The second-order valence-electron chi connectivity index (χ2n) is 3.51. The Kier molecular flexibility index (Phi) is 2.80. The Morgan fingerprint density at radius 2 is 1.67 bits per heavy atom. The number of nitrogens with zero attached hydrogens (tertiary/aromatic N) is 1. The molecule has 1 aromatic rings. The number of hydrogen-bond donors (Lipinski definition) is 0. The number of hydrogen-bond acceptors (Lipinski definition) is 0. The number of alkyl halides is 5. The van der Waals surface area contributed by atoms with Gasteiger partial charge in [-0.3, -0.25) is 0 Å². The van der Waals surface area contributed by atoms with E-state index in [0.29, 0.717) is 0 Å². The van der Waals surface area contributed by atoms with Crippen LogP contribution in [0.5, 0.6) is 0 Å². The maximum Gasteiger partial charge on any atom is 0.458 e. The van der Waals surface area contributed by atoms with Crippen molar-refractivity contribution in [2.24, 2.45) is 0 Å². The van der Waals surface area contributed by atoms with Gasteiger partial charge in [0, 0.05) is 24.0 Å². The third kappa shape index (κ3) is 2.13. The van der Waals surface area contributed by atoms with Crippen molar-refractivity contribution in [3.8, 4) is 0 Å². The minimum Gasteiger partial charge on any atom is -0.351 e. The highest BCUT2D eigenvalue weighted by Crippen LogP contribution is 2.43. The molecular formula is C9H10F5N. The van der Waals surface area contributed by atoms with Crippen molar-refractivity contribution in [3.63, 3.8) is 0 Å². The van der Waals surface area contributed by atoms with Crippen LogP contribution in [0.1, 0.15) is 25.5 Å². The lowest BCUT2D eigenvalue weighted by Gasteiger charge is -2.18. The molecule has 0 bridgehead atoms. The van der Waals surface area contributed by atoms with Crippen LogP contribution in [0.4, 0.5) is 22.0 Å². The van der Waals surface area contributed by atoms with Gasteiger partial charge in [-0.05, 0) is 19.9 Å². The van der Waals surface area contributed by atoms with Gasteiger partial charge in [-0.2, -0.15) is 22.0 Å². The molecule has 0 aromatic carbocycles. The first kappa shape index (κ1) is 12.0. The molecule has 0 atom stereocenters. The quantitative estimate of drug-likeness (QED) is 0.678. The molecule has 0 saturated carbocycles. The van der Waals surface area contributed by atoms with Gasteiger partial charge in [0.1, 0.15) is 0 Å². The fourth-order valence-electron chi connectivity index (χ4n) is 1.08. The lowest BCUT2D eigenvalue weighted by molar-refractivity contribution is -0.289. The predicted molar refractivity (Wildman–Crippen MR) is 44.8 cm³/mol. The smallest absolute Gasteiger partial charge is 0.351 e. The van der Waals surface area contributed by atoms with Crippen LogP contribution in [0.25, 0.3) is 0 Å². The molecule has 6 heteroatoms. The minimum absolute atomic E-state index is 0.150. The standard InChI is InChI=1S/C9H10F5N/c1-6(2)15-4-3-7(5-15)8(10,11)9(12,13)14/h3-6H,1-2H3. The Labute approximate surface area is 83.5 Å². The highest BCUT2D eigenvalue weighted by molar-refractivity contribution is 5.19. The van der Waals surface area contributed by atoms with Crippen LogP contribution in [0, 0.1) is 0 Å². The molecule has 0 radical (unpaired) electrons. The molecule has 0 aliphatic rings. The summed E-state index contributed by atoms with van der Waals surface area (Å²) < 4.78 is 62.8. The summed E-state index contributed by atoms with van der Waals surface area (Å²) in [6.45, 7) is 3.38. The molecule has 1 nitrogen and oxygen atoms in total. The van der Waals surface area contributed by atoms with E-state index in [0.717, 1.165) is 12.3 Å². The zero-order chi connectivity index (χ0) is 11.9. The molecule has 0 unspecified atom stereocenters. The van der Waals surface area contributed by atoms with E-state index in [1.165, 1.54) is 10.8 Å². The summed E-state index contributed by atoms with van der Waals surface area (Å²) in [5, 5.41) is 0. The molecule has 0 aliphatic carbocycles. The molecule has 0 fully saturated rings. The second-order valence-corrected chi connectivity index (χ2v) is 3.51. The van der Waals surface area contributed by atoms with Gasteiger partial charge in [0.05, 0.1) is 0 Å². The normalized spacial score (nSPS) is 13.6. The molecule has 0 saturated heterocycles. The summed E-state index contributed by atoms with van der Waals surface area (Å²) in [5.41, 5.74) is -1.02. The lowest BCUT2D eigenvalue weighted by atomic mass is 10.2. The van der Waals surface area contributed by atoms with Crippen LogP contribution in [-0.2, 0) is 5.92 Å². The van der Waals surface area contributed by atoms with Crippen molar-refractivity contribution in [2.45, 2.75) is 32.0 Å². The van der Waals surface area contributed by atoms with Crippen molar-refractivity contribution in [1.82, 2.24) is 4.57 Å². The van der Waals surface area contributed by atoms with E-state index >= 15 is 0 Å². The van der Waals surface area contributed by atoms with Crippen molar-refractivity contribution in [2.75, 3.05) is 0 Å². The third-order valence-corrected chi connectivity index (χ3v) is 2.03. The monoisotopic (exact) mass is 227 g/mol. The molecule has 15 heavy (non-hydrogen) atoms. The van der Waals surface area contributed by atoms with Gasteiger partial charge in [-0.1, -0.05) is 0 Å². The van der Waals surface area contributed by atoms with Gasteiger partial charge in [-0.15, -0.1) is 0 Å². The van der Waals surface area contributed by atoms with E-state index in [4.69, 9.17) is 0 Å². The summed E-state index contributed by atoms with van der Waals surface area (Å²) in [7, 11) is 0. The van der Waals surface area contributed by atoms with Gasteiger partial charge < -0.3 is 4.57 Å². The van der Waals surface area contributed by atoms with E-state index in [2.05, 4.69) is 0 Å². The van der Waals surface area contributed by atoms with Crippen LogP contribution in [-0.4, -0.2) is 10.7 Å². The zero-order valence-electron chi connectivity index (χ0n) is 8.15. The predicted octanol–water partition coefficient (Wildman–Crippen LogP) is 3.72. The van der Waals surface area contributed by atoms with E-state index in [1.807, 2.05) is 0 Å². The van der Waals surface area contributed by atoms with Crippen molar-refractivity contribution in [3.05, 3.63) is 24.0 Å². The zero-order valence-corrected chi connectivity index (χ0v) is 8.15. The van der Waals surface area contributed by atoms with E-state index < -0.39 is 17.7 Å². The first-order chi connectivity index (χ1) is 6.66. The highest BCUT2D eigenvalue weighted by Gasteiger charge is 2.59. The summed E-state index contributed by atoms with van der Waals surface area (Å²) in [6.07, 6.45) is -3.52. The summed E-state index contributed by atoms with van der Waals surface area (Å²) in [5.74, 6) is -4.78. The summed E-state index contributed by atoms with van der Waals surface area (Å²) in [6, 6.07) is 0.635. The number of halogens is 5. The Balaban J connectivity index is 3.06. The number of rotatable bonds is 2. The lowest BCUT2D eigenvalue weighted by Crippen LogP contribution is -2.33. The molecule has 0 spiro atoms. The largest absolute Gasteiger partial charge is 0.458 e. The molecule has 1 heterocycles. The number of aromatic nitrogens is 1. The maximum absolute atomic E-state index is 12.8. The van der Waals surface area contributed by atoms with Crippen LogP contribution < -0.4 is 0 Å². The molecular weight excluding hydrogens is 217 g/mol. The SMILES string of the molecule is CC(C)n1ccc(C(F)(F)C(F)(F)F)c1. The molecule has 1 rings (SSSR count).